The van der Waals surface area contributed by atoms with Crippen LogP contribution in [0.1, 0.15) is 36.3 Å². The molecule has 1 aromatic rings. The number of nitrogens with zero attached hydrogens (tertiary/aromatic N) is 1. The van der Waals surface area contributed by atoms with Gasteiger partial charge in [-0.15, -0.1) is 0 Å². The van der Waals surface area contributed by atoms with E-state index in [-0.39, 0.29) is 0 Å². The fraction of sp³-hybridized carbons (Fsp3) is 0.647. The van der Waals surface area contributed by atoms with Gasteiger partial charge in [0, 0.05) is 6.54 Å². The van der Waals surface area contributed by atoms with E-state index in [0.29, 0.717) is 0 Å². The fourth-order valence-corrected chi connectivity index (χ4v) is 3.70. The van der Waals surface area contributed by atoms with Crippen molar-refractivity contribution >= 4 is 0 Å². The van der Waals surface area contributed by atoms with Gasteiger partial charge in [-0.25, -0.2) is 0 Å². The first-order valence-electron chi connectivity index (χ1n) is 7.80. The van der Waals surface area contributed by atoms with E-state index in [1.165, 1.54) is 51.9 Å². The number of rotatable bonds is 3. The molecule has 1 atom stereocenters. The van der Waals surface area contributed by atoms with Crippen LogP contribution in [0.4, 0.5) is 0 Å². The second kappa shape index (κ2) is 6.06. The minimum Gasteiger partial charge on any atom is -0.317 e. The molecule has 0 aliphatic carbocycles. The van der Waals surface area contributed by atoms with Gasteiger partial charge in [-0.1, -0.05) is 24.3 Å². The summed E-state index contributed by atoms with van der Waals surface area (Å²) in [6.07, 6.45) is 5.32. The zero-order chi connectivity index (χ0) is 13.1. The number of likely N-dealkylation sites (N-methyl/N-ethyl adjacent to an activating group) is 1. The molecule has 0 amide bonds. The Bertz CT molecular complexity index is 409. The molecule has 2 heteroatoms. The Kier molecular flexibility index (Phi) is 4.19. The summed E-state index contributed by atoms with van der Waals surface area (Å²) in [7, 11) is 2.25. The molecule has 0 aromatic heterocycles. The Hall–Kier alpha value is -0.860. The average molecular weight is 258 g/mol. The number of nitrogens with one attached hydrogen (secondary N) is 1. The molecule has 2 fully saturated rings. The SMILES string of the molecule is CN1CCC(c2ccccc2CC2CCNCC2)C1. The standard InChI is InChI=1S/C17H26N2/c1-19-11-8-16(13-19)17-5-3-2-4-15(17)12-14-6-9-18-10-7-14/h2-5,14,16,18H,6-13H2,1H3. The molecule has 104 valence electrons. The molecule has 1 N–H and O–H groups in total. The minimum atomic E-state index is 0.767. The second-order valence-corrected chi connectivity index (χ2v) is 6.34. The van der Waals surface area contributed by atoms with Crippen molar-refractivity contribution in [2.75, 3.05) is 33.2 Å². The Morgan fingerprint density at radius 2 is 1.95 bits per heavy atom. The van der Waals surface area contributed by atoms with Crippen LogP contribution in [0.25, 0.3) is 0 Å². The highest BCUT2D eigenvalue weighted by Gasteiger charge is 2.24. The molecular formula is C17H26N2. The van der Waals surface area contributed by atoms with Crippen molar-refractivity contribution in [3.63, 3.8) is 0 Å². The Balaban J connectivity index is 1.73. The smallest absolute Gasteiger partial charge is 0.00478 e. The van der Waals surface area contributed by atoms with Crippen LogP contribution in [0.2, 0.25) is 0 Å². The van der Waals surface area contributed by atoms with Crippen LogP contribution >= 0.6 is 0 Å². The van der Waals surface area contributed by atoms with Gasteiger partial charge in [0.25, 0.3) is 0 Å². The predicted molar refractivity (Wildman–Crippen MR) is 80.6 cm³/mol. The lowest BCUT2D eigenvalue weighted by molar-refractivity contribution is 0.371. The fourth-order valence-electron chi connectivity index (χ4n) is 3.70. The van der Waals surface area contributed by atoms with Gasteiger partial charge in [0.2, 0.25) is 0 Å². The third kappa shape index (κ3) is 3.18. The van der Waals surface area contributed by atoms with Gasteiger partial charge in [0.15, 0.2) is 0 Å². The monoisotopic (exact) mass is 258 g/mol. The van der Waals surface area contributed by atoms with E-state index in [4.69, 9.17) is 0 Å². The molecule has 1 unspecified atom stereocenters. The highest BCUT2D eigenvalue weighted by molar-refractivity contribution is 5.32. The lowest BCUT2D eigenvalue weighted by Gasteiger charge is -2.24. The van der Waals surface area contributed by atoms with Crippen LogP contribution < -0.4 is 5.32 Å². The van der Waals surface area contributed by atoms with Crippen molar-refractivity contribution in [3.05, 3.63) is 35.4 Å². The average Bonchev–Trinajstić information content (AvgIpc) is 2.87. The van der Waals surface area contributed by atoms with Crippen molar-refractivity contribution in [2.45, 2.75) is 31.6 Å². The van der Waals surface area contributed by atoms with Gasteiger partial charge >= 0.3 is 0 Å². The lowest BCUT2D eigenvalue weighted by Crippen LogP contribution is -2.29. The first-order chi connectivity index (χ1) is 9.33. The largest absolute Gasteiger partial charge is 0.317 e. The van der Waals surface area contributed by atoms with E-state index in [0.717, 1.165) is 11.8 Å². The molecule has 0 radical (unpaired) electrons. The van der Waals surface area contributed by atoms with Crippen LogP contribution in [-0.4, -0.2) is 38.1 Å². The number of benzene rings is 1. The van der Waals surface area contributed by atoms with Gasteiger partial charge < -0.3 is 10.2 Å². The zero-order valence-corrected chi connectivity index (χ0v) is 12.1. The molecule has 3 rings (SSSR count). The minimum absolute atomic E-state index is 0.767. The Labute approximate surface area is 117 Å². The first-order valence-corrected chi connectivity index (χ1v) is 7.80. The van der Waals surface area contributed by atoms with Gasteiger partial charge in [-0.05, 0) is 75.3 Å². The van der Waals surface area contributed by atoms with E-state index in [9.17, 15) is 0 Å². The molecule has 0 saturated carbocycles. The van der Waals surface area contributed by atoms with E-state index < -0.39 is 0 Å². The van der Waals surface area contributed by atoms with Crippen LogP contribution in [0, 0.1) is 5.92 Å². The quantitative estimate of drug-likeness (QED) is 0.896. The molecule has 0 bridgehead atoms. The van der Waals surface area contributed by atoms with Gasteiger partial charge in [-0.2, -0.15) is 0 Å². The second-order valence-electron chi connectivity index (χ2n) is 6.34. The maximum atomic E-state index is 3.47. The molecule has 1 aromatic carbocycles. The van der Waals surface area contributed by atoms with Crippen LogP contribution in [0.15, 0.2) is 24.3 Å². The van der Waals surface area contributed by atoms with Crippen LogP contribution in [-0.2, 0) is 6.42 Å². The summed E-state index contributed by atoms with van der Waals surface area (Å²) < 4.78 is 0. The summed E-state index contributed by atoms with van der Waals surface area (Å²) in [5, 5.41) is 3.47. The molecule has 0 spiro atoms. The van der Waals surface area contributed by atoms with Gasteiger partial charge in [-0.3, -0.25) is 0 Å². The molecular weight excluding hydrogens is 232 g/mol. The number of hydrogen-bond acceptors (Lipinski definition) is 2. The third-order valence-corrected chi connectivity index (χ3v) is 4.85. The molecule has 19 heavy (non-hydrogen) atoms. The molecule has 2 saturated heterocycles. The lowest BCUT2D eigenvalue weighted by atomic mass is 9.85. The predicted octanol–water partition coefficient (Wildman–Crippen LogP) is 2.65. The number of hydrogen-bond donors (Lipinski definition) is 1. The van der Waals surface area contributed by atoms with Crippen molar-refractivity contribution in [2.24, 2.45) is 5.92 Å². The van der Waals surface area contributed by atoms with Gasteiger partial charge in [0.1, 0.15) is 0 Å². The summed E-state index contributed by atoms with van der Waals surface area (Å²) >= 11 is 0. The summed E-state index contributed by atoms with van der Waals surface area (Å²) in [5.74, 6) is 1.66. The molecule has 2 aliphatic heterocycles. The van der Waals surface area contributed by atoms with E-state index in [1.54, 1.807) is 11.1 Å². The van der Waals surface area contributed by atoms with Crippen molar-refractivity contribution < 1.29 is 0 Å². The van der Waals surface area contributed by atoms with Crippen molar-refractivity contribution in [3.8, 4) is 0 Å². The van der Waals surface area contributed by atoms with E-state index >= 15 is 0 Å². The maximum Gasteiger partial charge on any atom is 0.00478 e. The first kappa shape index (κ1) is 13.1. The molecule has 2 aliphatic rings. The normalized spacial score (nSPS) is 25.8. The summed E-state index contributed by atoms with van der Waals surface area (Å²) in [6.45, 7) is 4.91. The Morgan fingerprint density at radius 1 is 1.16 bits per heavy atom. The number of likely N-dealkylation sites (tertiary alicyclic amines) is 1. The highest BCUT2D eigenvalue weighted by Crippen LogP contribution is 2.31. The van der Waals surface area contributed by atoms with Crippen molar-refractivity contribution in [1.29, 1.82) is 0 Å². The summed E-state index contributed by atoms with van der Waals surface area (Å²) in [6, 6.07) is 9.19. The third-order valence-electron chi connectivity index (χ3n) is 4.85. The highest BCUT2D eigenvalue weighted by atomic mass is 15.1. The zero-order valence-electron chi connectivity index (χ0n) is 12.1. The van der Waals surface area contributed by atoms with E-state index in [2.05, 4.69) is 41.5 Å². The topological polar surface area (TPSA) is 15.3 Å². The van der Waals surface area contributed by atoms with Crippen LogP contribution in [0.3, 0.4) is 0 Å². The molecule has 2 nitrogen and oxygen atoms in total. The Morgan fingerprint density at radius 3 is 2.68 bits per heavy atom. The summed E-state index contributed by atoms with van der Waals surface area (Å²) in [4.78, 5) is 2.46. The number of piperidine rings is 1. The maximum absolute atomic E-state index is 3.47. The van der Waals surface area contributed by atoms with E-state index in [1.807, 2.05) is 0 Å². The molecule has 2 heterocycles. The summed E-state index contributed by atoms with van der Waals surface area (Å²) in [5.41, 5.74) is 3.25. The van der Waals surface area contributed by atoms with Gasteiger partial charge in [0.05, 0.1) is 0 Å². The van der Waals surface area contributed by atoms with Crippen molar-refractivity contribution in [1.82, 2.24) is 10.2 Å². The van der Waals surface area contributed by atoms with Crippen LogP contribution in [0.5, 0.6) is 0 Å².